The number of anilines is 1. The summed E-state index contributed by atoms with van der Waals surface area (Å²) in [5.74, 6) is -0.700. The van der Waals surface area contributed by atoms with E-state index in [1.54, 1.807) is 54.6 Å². The van der Waals surface area contributed by atoms with Crippen LogP contribution in [0.25, 0.3) is 0 Å². The number of aliphatic carboxylic acids is 1. The first-order valence-corrected chi connectivity index (χ1v) is 7.01. The number of primary amides is 1. The van der Waals surface area contributed by atoms with E-state index >= 15 is 0 Å². The predicted octanol–water partition coefficient (Wildman–Crippen LogP) is 2.49. The van der Waals surface area contributed by atoms with Gasteiger partial charge in [0, 0.05) is 5.69 Å². The first-order valence-electron chi connectivity index (χ1n) is 7.01. The number of hydrogen-bond donors (Lipinski definition) is 2. The third-order valence-electron chi connectivity index (χ3n) is 3.45. The average Bonchev–Trinajstić information content (AvgIpc) is 2.54. The number of para-hydroxylation sites is 2. The maximum absolute atomic E-state index is 11.9. The fourth-order valence-electron chi connectivity index (χ4n) is 2.19. The van der Waals surface area contributed by atoms with Gasteiger partial charge in [0.1, 0.15) is 12.4 Å². The third kappa shape index (κ3) is 3.60. The van der Waals surface area contributed by atoms with Gasteiger partial charge in [-0.25, -0.2) is 9.59 Å². The number of hydrogen-bond acceptors (Lipinski definition) is 3. The Morgan fingerprint density at radius 3 is 2.09 bits per heavy atom. The molecule has 0 aliphatic rings. The maximum Gasteiger partial charge on any atom is 0.333 e. The van der Waals surface area contributed by atoms with E-state index in [4.69, 9.17) is 10.5 Å². The lowest BCUT2D eigenvalue weighted by atomic mass is 10.0. The Bertz CT molecular complexity index is 676. The number of ether oxygens (including phenoxy) is 1. The van der Waals surface area contributed by atoms with E-state index in [-0.39, 0.29) is 6.61 Å². The first kappa shape index (κ1) is 16.4. The number of nitrogens with zero attached hydrogens (tertiary/aromatic N) is 1. The van der Waals surface area contributed by atoms with Crippen molar-refractivity contribution in [1.82, 2.24) is 0 Å². The highest BCUT2D eigenvalue weighted by Gasteiger charge is 2.44. The van der Waals surface area contributed by atoms with Gasteiger partial charge in [0.05, 0.1) is 0 Å². The van der Waals surface area contributed by atoms with Gasteiger partial charge in [-0.2, -0.15) is 0 Å². The molecule has 3 N–H and O–H groups in total. The van der Waals surface area contributed by atoms with Gasteiger partial charge in [-0.3, -0.25) is 4.90 Å². The summed E-state index contributed by atoms with van der Waals surface area (Å²) >= 11 is 0. The van der Waals surface area contributed by atoms with Crippen LogP contribution in [-0.4, -0.2) is 29.3 Å². The zero-order valence-electron chi connectivity index (χ0n) is 12.7. The molecule has 6 nitrogen and oxygen atoms in total. The normalized spacial score (nSPS) is 12.9. The van der Waals surface area contributed by atoms with Gasteiger partial charge < -0.3 is 15.6 Å². The van der Waals surface area contributed by atoms with E-state index in [2.05, 4.69) is 0 Å². The SMILES string of the molecule is CC(COc1ccccc1)(C(=O)O)N(C(N)=O)c1ccccc1. The molecule has 23 heavy (non-hydrogen) atoms. The van der Waals surface area contributed by atoms with Crippen LogP contribution < -0.4 is 15.4 Å². The number of carboxylic acid groups (broad SMARTS) is 1. The molecule has 2 aromatic rings. The summed E-state index contributed by atoms with van der Waals surface area (Å²) in [5.41, 5.74) is 4.17. The minimum absolute atomic E-state index is 0.246. The van der Waals surface area contributed by atoms with Gasteiger partial charge in [0.2, 0.25) is 0 Å². The number of carbonyl (C=O) groups is 2. The lowest BCUT2D eigenvalue weighted by molar-refractivity contribution is -0.143. The van der Waals surface area contributed by atoms with E-state index in [1.165, 1.54) is 6.92 Å². The molecule has 2 amide bonds. The molecule has 0 fully saturated rings. The van der Waals surface area contributed by atoms with Crippen LogP contribution in [0.15, 0.2) is 60.7 Å². The van der Waals surface area contributed by atoms with Crippen LogP contribution in [0.2, 0.25) is 0 Å². The summed E-state index contributed by atoms with van der Waals surface area (Å²) in [6.07, 6.45) is 0. The summed E-state index contributed by atoms with van der Waals surface area (Å²) in [6, 6.07) is 16.3. The monoisotopic (exact) mass is 314 g/mol. The summed E-state index contributed by atoms with van der Waals surface area (Å²) in [7, 11) is 0. The minimum Gasteiger partial charge on any atom is -0.491 e. The van der Waals surface area contributed by atoms with Crippen molar-refractivity contribution >= 4 is 17.7 Å². The highest BCUT2D eigenvalue weighted by Crippen LogP contribution is 2.25. The Morgan fingerprint density at radius 1 is 1.09 bits per heavy atom. The first-order chi connectivity index (χ1) is 10.9. The van der Waals surface area contributed by atoms with Crippen molar-refractivity contribution in [2.45, 2.75) is 12.5 Å². The van der Waals surface area contributed by atoms with Crippen molar-refractivity contribution in [2.24, 2.45) is 5.73 Å². The molecule has 0 aromatic heterocycles. The van der Waals surface area contributed by atoms with Gasteiger partial charge in [0.25, 0.3) is 0 Å². The molecule has 0 bridgehead atoms. The van der Waals surface area contributed by atoms with Crippen LogP contribution in [0.4, 0.5) is 10.5 Å². The summed E-state index contributed by atoms with van der Waals surface area (Å²) in [5, 5.41) is 9.66. The van der Waals surface area contributed by atoms with Crippen molar-refractivity contribution in [3.05, 3.63) is 60.7 Å². The zero-order valence-corrected chi connectivity index (χ0v) is 12.7. The zero-order chi connectivity index (χ0) is 16.9. The molecular weight excluding hydrogens is 296 g/mol. The van der Waals surface area contributed by atoms with Crippen LogP contribution in [-0.2, 0) is 4.79 Å². The van der Waals surface area contributed by atoms with Gasteiger partial charge >= 0.3 is 12.0 Å². The molecule has 0 radical (unpaired) electrons. The Kier molecular flexibility index (Phi) is 4.85. The second-order valence-corrected chi connectivity index (χ2v) is 5.19. The Morgan fingerprint density at radius 2 is 1.61 bits per heavy atom. The molecular formula is C17H18N2O4. The molecule has 0 aliphatic carbocycles. The summed E-state index contributed by atoms with van der Waals surface area (Å²) in [6.45, 7) is 1.15. The van der Waals surface area contributed by atoms with Gasteiger partial charge in [-0.15, -0.1) is 0 Å². The van der Waals surface area contributed by atoms with Gasteiger partial charge in [0.15, 0.2) is 5.54 Å². The second kappa shape index (κ2) is 6.83. The number of carboxylic acids is 1. The van der Waals surface area contributed by atoms with Crippen LogP contribution in [0.3, 0.4) is 0 Å². The van der Waals surface area contributed by atoms with E-state index in [9.17, 15) is 14.7 Å². The average molecular weight is 314 g/mol. The van der Waals surface area contributed by atoms with Crippen molar-refractivity contribution < 1.29 is 19.4 Å². The van der Waals surface area contributed by atoms with Crippen LogP contribution in [0.1, 0.15) is 6.92 Å². The molecule has 2 aromatic carbocycles. The molecule has 0 saturated carbocycles. The quantitative estimate of drug-likeness (QED) is 0.856. The molecule has 0 spiro atoms. The molecule has 120 valence electrons. The second-order valence-electron chi connectivity index (χ2n) is 5.19. The minimum atomic E-state index is -1.65. The molecule has 0 heterocycles. The number of amides is 2. The van der Waals surface area contributed by atoms with E-state index in [0.717, 1.165) is 4.90 Å². The summed E-state index contributed by atoms with van der Waals surface area (Å²) in [4.78, 5) is 24.7. The Balaban J connectivity index is 2.33. The lowest BCUT2D eigenvalue weighted by Gasteiger charge is -2.36. The van der Waals surface area contributed by atoms with E-state index in [0.29, 0.717) is 11.4 Å². The van der Waals surface area contributed by atoms with Gasteiger partial charge in [-0.1, -0.05) is 36.4 Å². The van der Waals surface area contributed by atoms with Crippen molar-refractivity contribution in [3.63, 3.8) is 0 Å². The van der Waals surface area contributed by atoms with Crippen LogP contribution in [0, 0.1) is 0 Å². The highest BCUT2D eigenvalue weighted by atomic mass is 16.5. The van der Waals surface area contributed by atoms with E-state index in [1.807, 2.05) is 6.07 Å². The molecule has 1 atom stereocenters. The largest absolute Gasteiger partial charge is 0.491 e. The van der Waals surface area contributed by atoms with Crippen LogP contribution >= 0.6 is 0 Å². The molecule has 1 unspecified atom stereocenters. The number of rotatable bonds is 6. The van der Waals surface area contributed by atoms with Gasteiger partial charge in [-0.05, 0) is 31.2 Å². The number of urea groups is 1. The highest BCUT2D eigenvalue weighted by molar-refractivity contribution is 5.99. The predicted molar refractivity (Wildman–Crippen MR) is 86.5 cm³/mol. The van der Waals surface area contributed by atoms with Crippen molar-refractivity contribution in [3.8, 4) is 5.75 Å². The summed E-state index contributed by atoms with van der Waals surface area (Å²) < 4.78 is 5.55. The maximum atomic E-state index is 11.9. The molecule has 0 saturated heterocycles. The van der Waals surface area contributed by atoms with Crippen molar-refractivity contribution in [1.29, 1.82) is 0 Å². The number of benzene rings is 2. The molecule has 6 heteroatoms. The Hall–Kier alpha value is -3.02. The topological polar surface area (TPSA) is 92.9 Å². The lowest BCUT2D eigenvalue weighted by Crippen LogP contribution is -2.60. The van der Waals surface area contributed by atoms with E-state index < -0.39 is 17.5 Å². The number of carbonyl (C=O) groups excluding carboxylic acids is 1. The van der Waals surface area contributed by atoms with Crippen LogP contribution in [0.5, 0.6) is 5.75 Å². The standard InChI is InChI=1S/C17H18N2O4/c1-17(15(20)21,12-23-14-10-6-3-7-11-14)19(16(18)22)13-8-4-2-5-9-13/h2-11H,12H2,1H3,(H2,18,22)(H,20,21). The fraction of sp³-hybridized carbons (Fsp3) is 0.176. The third-order valence-corrected chi connectivity index (χ3v) is 3.45. The Labute approximate surface area is 134 Å². The number of nitrogens with two attached hydrogens (primary N) is 1. The smallest absolute Gasteiger partial charge is 0.333 e. The molecule has 0 aliphatic heterocycles. The fourth-order valence-corrected chi connectivity index (χ4v) is 2.19. The van der Waals surface area contributed by atoms with Crippen molar-refractivity contribution in [2.75, 3.05) is 11.5 Å². The molecule has 2 rings (SSSR count).